The molecule has 2 bridgehead atoms. The van der Waals surface area contributed by atoms with Gasteiger partial charge in [0.05, 0.1) is 23.2 Å². The second kappa shape index (κ2) is 10.4. The van der Waals surface area contributed by atoms with Gasteiger partial charge in [-0.3, -0.25) is 14.4 Å². The number of aliphatic hydroxyl groups excluding tert-OH is 1. The lowest BCUT2D eigenvalue weighted by molar-refractivity contribution is -0.153. The molecule has 0 aliphatic carbocycles. The van der Waals surface area contributed by atoms with E-state index in [1.165, 1.54) is 0 Å². The van der Waals surface area contributed by atoms with Crippen LogP contribution in [0.15, 0.2) is 0 Å². The van der Waals surface area contributed by atoms with Crippen LogP contribution in [0, 0.1) is 17.3 Å². The van der Waals surface area contributed by atoms with E-state index < -0.39 is 28.2 Å². The number of nitrogens with one attached hydrogen (secondary N) is 1. The molecule has 2 unspecified atom stereocenters. The van der Waals surface area contributed by atoms with Crippen LogP contribution in [0.2, 0.25) is 0 Å². The van der Waals surface area contributed by atoms with E-state index in [4.69, 9.17) is 9.84 Å². The van der Waals surface area contributed by atoms with Crippen LogP contribution in [0.5, 0.6) is 0 Å². The van der Waals surface area contributed by atoms with E-state index in [1.54, 1.807) is 23.6 Å². The first kappa shape index (κ1) is 27.3. The van der Waals surface area contributed by atoms with Gasteiger partial charge in [0.2, 0.25) is 11.8 Å². The Hall–Kier alpha value is -1.28. The summed E-state index contributed by atoms with van der Waals surface area (Å²) in [7, 11) is 0. The number of likely N-dealkylation sites (tertiary alicyclic amines) is 1. The second-order valence-corrected chi connectivity index (χ2v) is 13.7. The molecule has 34 heavy (non-hydrogen) atoms. The highest BCUT2D eigenvalue weighted by Gasteiger charge is 2.73. The fraction of sp³-hybridized carbons (Fsp3) is 0.885. The minimum atomic E-state index is -0.573. The Morgan fingerprint density at radius 3 is 2.47 bits per heavy atom. The third-order valence-corrected chi connectivity index (χ3v) is 9.30. The molecule has 3 aliphatic heterocycles. The first-order valence-corrected chi connectivity index (χ1v) is 13.8. The maximum absolute atomic E-state index is 13.9. The van der Waals surface area contributed by atoms with Gasteiger partial charge in [-0.1, -0.05) is 33.6 Å². The molecule has 0 aromatic heterocycles. The fourth-order valence-electron chi connectivity index (χ4n) is 6.72. The third kappa shape index (κ3) is 5.43. The van der Waals surface area contributed by atoms with Crippen LogP contribution in [-0.4, -0.2) is 69.1 Å². The third-order valence-electron chi connectivity index (χ3n) is 7.35. The Morgan fingerprint density at radius 1 is 1.18 bits per heavy atom. The monoisotopic (exact) mass is 496 g/mol. The Labute approximate surface area is 209 Å². The van der Waals surface area contributed by atoms with Crippen LogP contribution in [-0.2, 0) is 19.1 Å². The van der Waals surface area contributed by atoms with Gasteiger partial charge in [-0.2, -0.15) is 0 Å². The quantitative estimate of drug-likeness (QED) is 0.336. The molecule has 0 aromatic carbocycles. The number of carbonyl (C=O) groups is 3. The van der Waals surface area contributed by atoms with E-state index in [9.17, 15) is 14.4 Å². The lowest BCUT2D eigenvalue weighted by Gasteiger charge is -2.38. The molecular formula is C26H44N2O5S. The Kier molecular flexibility index (Phi) is 8.33. The molecule has 5 atom stereocenters. The molecule has 1 spiro atoms. The van der Waals surface area contributed by atoms with Crippen LogP contribution in [0.25, 0.3) is 0 Å². The van der Waals surface area contributed by atoms with E-state index in [-0.39, 0.29) is 35.1 Å². The van der Waals surface area contributed by atoms with Crippen molar-refractivity contribution in [1.29, 1.82) is 0 Å². The Morgan fingerprint density at radius 2 is 1.85 bits per heavy atom. The summed E-state index contributed by atoms with van der Waals surface area (Å²) in [6.45, 7) is 13.3. The summed E-state index contributed by atoms with van der Waals surface area (Å²) in [6.07, 6.45) is 5.72. The van der Waals surface area contributed by atoms with Crippen LogP contribution in [0.4, 0.5) is 0 Å². The zero-order valence-electron chi connectivity index (χ0n) is 21.8. The van der Waals surface area contributed by atoms with Gasteiger partial charge in [-0.25, -0.2) is 0 Å². The highest BCUT2D eigenvalue weighted by atomic mass is 32.2. The first-order valence-electron chi connectivity index (χ1n) is 12.9. The minimum Gasteiger partial charge on any atom is -0.466 e. The molecule has 8 heteroatoms. The molecule has 2 N–H and O–H groups in total. The predicted octanol–water partition coefficient (Wildman–Crippen LogP) is 3.52. The van der Waals surface area contributed by atoms with Gasteiger partial charge in [0.1, 0.15) is 6.04 Å². The molecule has 0 aromatic rings. The number of aliphatic hydroxyl groups is 1. The maximum atomic E-state index is 13.9. The average molecular weight is 497 g/mol. The van der Waals surface area contributed by atoms with Crippen molar-refractivity contribution in [3.63, 3.8) is 0 Å². The molecular weight excluding hydrogens is 452 g/mol. The number of rotatable bonds is 11. The number of hydrogen-bond donors (Lipinski definition) is 2. The smallest absolute Gasteiger partial charge is 0.310 e. The van der Waals surface area contributed by atoms with Crippen molar-refractivity contribution in [1.82, 2.24) is 10.2 Å². The van der Waals surface area contributed by atoms with Crippen LogP contribution >= 0.6 is 11.8 Å². The van der Waals surface area contributed by atoms with Crippen molar-refractivity contribution in [3.8, 4) is 0 Å². The number of hydrogen-bond acceptors (Lipinski definition) is 6. The van der Waals surface area contributed by atoms with Crippen molar-refractivity contribution in [2.75, 3.05) is 19.8 Å². The summed E-state index contributed by atoms with van der Waals surface area (Å²) in [6, 6.07) is -0.573. The Bertz CT molecular complexity index is 780. The molecule has 194 valence electrons. The number of amides is 2. The number of nitrogens with zero attached hydrogens (tertiary/aromatic N) is 1. The SMILES string of the molecule is CCOC(=O)[C@@H]1[C@H]2C(=O)N(CCCCCCO)C(C(=O)NC(C)(C)CC(C)(C)C)C23CC[C@H]1S3. The van der Waals surface area contributed by atoms with E-state index in [2.05, 4.69) is 26.1 Å². The van der Waals surface area contributed by atoms with Gasteiger partial charge in [-0.15, -0.1) is 11.8 Å². The van der Waals surface area contributed by atoms with Crippen LogP contribution in [0.1, 0.15) is 86.5 Å². The lowest BCUT2D eigenvalue weighted by atomic mass is 9.71. The first-order chi connectivity index (χ1) is 15.9. The van der Waals surface area contributed by atoms with E-state index in [0.29, 0.717) is 13.2 Å². The lowest BCUT2D eigenvalue weighted by Crippen LogP contribution is -2.58. The molecule has 2 amide bonds. The van der Waals surface area contributed by atoms with Gasteiger partial charge in [0.15, 0.2) is 0 Å². The fourth-order valence-corrected chi connectivity index (χ4v) is 8.93. The van der Waals surface area contributed by atoms with Crippen LogP contribution < -0.4 is 5.32 Å². The summed E-state index contributed by atoms with van der Waals surface area (Å²) < 4.78 is 4.81. The van der Waals surface area contributed by atoms with Crippen LogP contribution in [0.3, 0.4) is 0 Å². The predicted molar refractivity (Wildman–Crippen MR) is 134 cm³/mol. The van der Waals surface area contributed by atoms with Gasteiger partial charge in [-0.05, 0) is 58.3 Å². The van der Waals surface area contributed by atoms with Gasteiger partial charge in [0, 0.05) is 23.9 Å². The zero-order chi connectivity index (χ0) is 25.3. The maximum Gasteiger partial charge on any atom is 0.310 e. The highest BCUT2D eigenvalue weighted by molar-refractivity contribution is 8.02. The summed E-state index contributed by atoms with van der Waals surface area (Å²) >= 11 is 1.69. The van der Waals surface area contributed by atoms with Crippen molar-refractivity contribution < 1.29 is 24.2 Å². The van der Waals surface area contributed by atoms with E-state index >= 15 is 0 Å². The molecule has 3 saturated heterocycles. The molecule has 3 aliphatic rings. The summed E-state index contributed by atoms with van der Waals surface area (Å²) in [5, 5.41) is 12.4. The number of unbranched alkanes of at least 4 members (excludes halogenated alkanes) is 3. The molecule has 3 fully saturated rings. The number of carbonyl (C=O) groups excluding carboxylic acids is 3. The van der Waals surface area contributed by atoms with Crippen molar-refractivity contribution >= 4 is 29.5 Å². The number of fused-ring (bicyclic) bond motifs is 1. The van der Waals surface area contributed by atoms with Crippen molar-refractivity contribution in [3.05, 3.63) is 0 Å². The van der Waals surface area contributed by atoms with Crippen molar-refractivity contribution in [2.45, 2.75) is 108 Å². The van der Waals surface area contributed by atoms with E-state index in [1.807, 2.05) is 13.8 Å². The highest BCUT2D eigenvalue weighted by Crippen LogP contribution is 2.66. The second-order valence-electron chi connectivity index (χ2n) is 12.1. The van der Waals surface area contributed by atoms with Gasteiger partial charge in [0.25, 0.3) is 0 Å². The molecule has 3 rings (SSSR count). The zero-order valence-corrected chi connectivity index (χ0v) is 22.6. The average Bonchev–Trinajstić information content (AvgIpc) is 3.33. The normalized spacial score (nSPS) is 30.6. The number of ether oxygens (including phenoxy) is 1. The summed E-state index contributed by atoms with van der Waals surface area (Å²) in [5.41, 5.74) is -0.368. The Balaban J connectivity index is 1.88. The standard InChI is InChI=1S/C26H44N2O5S/c1-7-33-23(32)18-17-12-13-26(34-17)19(18)22(31)28(14-10-8-9-11-15-29)20(26)21(30)27-25(5,6)16-24(2,3)4/h17-20,29H,7-16H2,1-6H3,(H,27,30)/t17-,18+,19+,20?,26?/m1/s1. The number of esters is 1. The topological polar surface area (TPSA) is 95.9 Å². The molecule has 3 heterocycles. The van der Waals surface area contributed by atoms with Gasteiger partial charge >= 0.3 is 5.97 Å². The molecule has 0 radical (unpaired) electrons. The summed E-state index contributed by atoms with van der Waals surface area (Å²) in [4.78, 5) is 42.4. The summed E-state index contributed by atoms with van der Waals surface area (Å²) in [5.74, 6) is -1.42. The van der Waals surface area contributed by atoms with Crippen molar-refractivity contribution in [2.24, 2.45) is 17.3 Å². The number of thioether (sulfide) groups is 1. The molecule has 7 nitrogen and oxygen atoms in total. The minimum absolute atomic E-state index is 0.0394. The largest absolute Gasteiger partial charge is 0.466 e. The van der Waals surface area contributed by atoms with Gasteiger partial charge < -0.3 is 20.1 Å². The molecule has 0 saturated carbocycles. The van der Waals surface area contributed by atoms with E-state index in [0.717, 1.165) is 44.9 Å².